The van der Waals surface area contributed by atoms with Crippen LogP contribution in [0, 0.1) is 0 Å². The smallest absolute Gasteiger partial charge is 0.122 e. The maximum atomic E-state index is 6.03. The number of anilines is 1. The molecule has 2 nitrogen and oxygen atoms in total. The van der Waals surface area contributed by atoms with Crippen molar-refractivity contribution in [1.82, 2.24) is 0 Å². The quantitative estimate of drug-likeness (QED) is 0.770. The van der Waals surface area contributed by atoms with Crippen molar-refractivity contribution in [2.24, 2.45) is 0 Å². The van der Waals surface area contributed by atoms with Crippen LogP contribution in [0.4, 0.5) is 5.69 Å². The van der Waals surface area contributed by atoms with Crippen molar-refractivity contribution in [1.29, 1.82) is 0 Å². The van der Waals surface area contributed by atoms with Gasteiger partial charge < -0.3 is 10.5 Å². The number of hydrogen-bond donors (Lipinski definition) is 1. The van der Waals surface area contributed by atoms with Crippen LogP contribution < -0.4 is 10.5 Å². The molecule has 0 fully saturated rings. The lowest BCUT2D eigenvalue weighted by Gasteiger charge is -2.21. The molecule has 2 N–H and O–H groups in total. The van der Waals surface area contributed by atoms with E-state index in [0.717, 1.165) is 11.4 Å². The Morgan fingerprint density at radius 3 is 1.93 bits per heavy atom. The largest absolute Gasteiger partial charge is 0.496 e. The molecule has 1 aromatic rings. The summed E-state index contributed by atoms with van der Waals surface area (Å²) < 4.78 is 5.40. The highest BCUT2D eigenvalue weighted by Crippen LogP contribution is 2.37. The van der Waals surface area contributed by atoms with Crippen LogP contribution in [0.2, 0.25) is 0 Å². The predicted octanol–water partition coefficient (Wildman–Crippen LogP) is 3.52. The average Bonchev–Trinajstić information content (AvgIpc) is 2.16. The number of benzene rings is 1. The van der Waals surface area contributed by atoms with E-state index in [0.29, 0.717) is 11.8 Å². The van der Waals surface area contributed by atoms with E-state index in [1.165, 1.54) is 11.1 Å². The summed E-state index contributed by atoms with van der Waals surface area (Å²) in [6.45, 7) is 8.67. The van der Waals surface area contributed by atoms with Gasteiger partial charge in [0.15, 0.2) is 0 Å². The lowest BCUT2D eigenvalue weighted by molar-refractivity contribution is 0.406. The monoisotopic (exact) mass is 207 g/mol. The highest BCUT2D eigenvalue weighted by Gasteiger charge is 2.17. The average molecular weight is 207 g/mol. The van der Waals surface area contributed by atoms with Gasteiger partial charge in [0.05, 0.1) is 7.11 Å². The number of hydrogen-bond acceptors (Lipinski definition) is 2. The molecule has 0 heterocycles. The van der Waals surface area contributed by atoms with Gasteiger partial charge in [-0.15, -0.1) is 0 Å². The molecule has 0 bridgehead atoms. The minimum atomic E-state index is 0.428. The van der Waals surface area contributed by atoms with E-state index in [1.54, 1.807) is 7.11 Å². The van der Waals surface area contributed by atoms with E-state index in [4.69, 9.17) is 10.5 Å². The van der Waals surface area contributed by atoms with E-state index in [2.05, 4.69) is 27.7 Å². The van der Waals surface area contributed by atoms with Gasteiger partial charge in [-0.1, -0.05) is 27.7 Å². The Kier molecular flexibility index (Phi) is 3.61. The van der Waals surface area contributed by atoms with Gasteiger partial charge in [0.25, 0.3) is 0 Å². The molecular formula is C13H21NO. The summed E-state index contributed by atoms with van der Waals surface area (Å²) in [7, 11) is 1.71. The van der Waals surface area contributed by atoms with E-state index in [-0.39, 0.29) is 0 Å². The van der Waals surface area contributed by atoms with Crippen molar-refractivity contribution in [2.75, 3.05) is 12.8 Å². The van der Waals surface area contributed by atoms with Crippen LogP contribution in [0.25, 0.3) is 0 Å². The number of ether oxygens (including phenoxy) is 1. The zero-order valence-corrected chi connectivity index (χ0v) is 10.3. The summed E-state index contributed by atoms with van der Waals surface area (Å²) in [6.07, 6.45) is 0. The summed E-state index contributed by atoms with van der Waals surface area (Å²) in [5.41, 5.74) is 9.37. The molecule has 0 spiro atoms. The molecule has 0 aromatic heterocycles. The van der Waals surface area contributed by atoms with E-state index in [1.807, 2.05) is 12.1 Å². The first-order valence-corrected chi connectivity index (χ1v) is 5.45. The second-order valence-electron chi connectivity index (χ2n) is 4.49. The molecule has 0 unspecified atom stereocenters. The summed E-state index contributed by atoms with van der Waals surface area (Å²) in [5.74, 6) is 1.81. The molecular weight excluding hydrogens is 186 g/mol. The zero-order chi connectivity index (χ0) is 11.6. The van der Waals surface area contributed by atoms with Gasteiger partial charge in [-0.2, -0.15) is 0 Å². The van der Waals surface area contributed by atoms with Crippen molar-refractivity contribution >= 4 is 5.69 Å². The summed E-state index contributed by atoms with van der Waals surface area (Å²) in [6, 6.07) is 3.89. The van der Waals surface area contributed by atoms with Crippen LogP contribution in [0.5, 0.6) is 5.75 Å². The van der Waals surface area contributed by atoms with Gasteiger partial charge in [-0.3, -0.25) is 0 Å². The fraction of sp³-hybridized carbons (Fsp3) is 0.538. The van der Waals surface area contributed by atoms with Crippen LogP contribution in [0.15, 0.2) is 12.1 Å². The van der Waals surface area contributed by atoms with E-state index in [9.17, 15) is 0 Å². The Morgan fingerprint density at radius 1 is 1.00 bits per heavy atom. The molecule has 0 aliphatic heterocycles. The van der Waals surface area contributed by atoms with Crippen LogP contribution in [-0.4, -0.2) is 7.11 Å². The molecule has 1 rings (SSSR count). The Balaban J connectivity index is 3.44. The summed E-state index contributed by atoms with van der Waals surface area (Å²) >= 11 is 0. The summed E-state index contributed by atoms with van der Waals surface area (Å²) in [4.78, 5) is 0. The number of rotatable bonds is 3. The fourth-order valence-corrected chi connectivity index (χ4v) is 2.05. The number of methoxy groups -OCH3 is 1. The molecule has 0 aliphatic carbocycles. The Morgan fingerprint density at radius 2 is 1.53 bits per heavy atom. The fourth-order valence-electron chi connectivity index (χ4n) is 2.05. The number of nitrogen functional groups attached to an aromatic ring is 1. The third-order valence-electron chi connectivity index (χ3n) is 2.66. The molecule has 0 saturated heterocycles. The van der Waals surface area contributed by atoms with Crippen LogP contribution in [0.3, 0.4) is 0 Å². The third kappa shape index (κ3) is 2.25. The van der Waals surface area contributed by atoms with Crippen LogP contribution >= 0.6 is 0 Å². The van der Waals surface area contributed by atoms with Gasteiger partial charge in [0, 0.05) is 11.3 Å². The topological polar surface area (TPSA) is 35.2 Å². The molecule has 0 radical (unpaired) electrons. The highest BCUT2D eigenvalue weighted by atomic mass is 16.5. The zero-order valence-electron chi connectivity index (χ0n) is 10.3. The molecule has 1 aromatic carbocycles. The van der Waals surface area contributed by atoms with Gasteiger partial charge >= 0.3 is 0 Å². The molecule has 0 amide bonds. The highest BCUT2D eigenvalue weighted by molar-refractivity contribution is 5.58. The second kappa shape index (κ2) is 4.56. The minimum absolute atomic E-state index is 0.428. The Labute approximate surface area is 92.4 Å². The third-order valence-corrected chi connectivity index (χ3v) is 2.66. The van der Waals surface area contributed by atoms with Crippen molar-refractivity contribution in [3.8, 4) is 5.75 Å². The normalized spacial score (nSPS) is 11.1. The van der Waals surface area contributed by atoms with Crippen molar-refractivity contribution in [3.05, 3.63) is 23.3 Å². The van der Waals surface area contributed by atoms with Crippen molar-refractivity contribution in [2.45, 2.75) is 39.5 Å². The van der Waals surface area contributed by atoms with Crippen molar-refractivity contribution < 1.29 is 4.74 Å². The van der Waals surface area contributed by atoms with Crippen LogP contribution in [0.1, 0.15) is 50.7 Å². The van der Waals surface area contributed by atoms with Gasteiger partial charge in [0.2, 0.25) is 0 Å². The molecule has 0 aliphatic rings. The first-order chi connectivity index (χ1) is 6.99. The standard InChI is InChI=1S/C13H21NO/c1-8(2)12-10(14)6-7-11(15-5)13(12)9(3)4/h6-9H,14H2,1-5H3. The lowest BCUT2D eigenvalue weighted by atomic mass is 9.88. The van der Waals surface area contributed by atoms with Gasteiger partial charge in [-0.05, 0) is 29.5 Å². The molecule has 2 heteroatoms. The minimum Gasteiger partial charge on any atom is -0.496 e. The van der Waals surface area contributed by atoms with E-state index < -0.39 is 0 Å². The maximum Gasteiger partial charge on any atom is 0.122 e. The van der Waals surface area contributed by atoms with Gasteiger partial charge in [0.1, 0.15) is 5.75 Å². The SMILES string of the molecule is COc1ccc(N)c(C(C)C)c1C(C)C. The predicted molar refractivity (Wildman–Crippen MR) is 65.6 cm³/mol. The molecule has 84 valence electrons. The molecule has 0 saturated carbocycles. The summed E-state index contributed by atoms with van der Waals surface area (Å²) in [5, 5.41) is 0. The number of nitrogens with two attached hydrogens (primary N) is 1. The second-order valence-corrected chi connectivity index (χ2v) is 4.49. The molecule has 0 atom stereocenters. The van der Waals surface area contributed by atoms with Crippen molar-refractivity contribution in [3.63, 3.8) is 0 Å². The first-order valence-electron chi connectivity index (χ1n) is 5.45. The van der Waals surface area contributed by atoms with Gasteiger partial charge in [-0.25, -0.2) is 0 Å². The Hall–Kier alpha value is -1.18. The maximum absolute atomic E-state index is 6.03. The van der Waals surface area contributed by atoms with E-state index >= 15 is 0 Å². The lowest BCUT2D eigenvalue weighted by Crippen LogP contribution is -2.06. The molecule has 15 heavy (non-hydrogen) atoms. The van der Waals surface area contributed by atoms with Crippen LogP contribution in [-0.2, 0) is 0 Å². The Bertz CT molecular complexity index is 343. The first kappa shape index (κ1) is 11.9.